The topological polar surface area (TPSA) is 66.3 Å². The Morgan fingerprint density at radius 1 is 1.38 bits per heavy atom. The number of hydrogen-bond donors (Lipinski definition) is 1. The van der Waals surface area contributed by atoms with Gasteiger partial charge >= 0.3 is 5.97 Å². The standard InChI is InChI=1S/C11H15N3O2/c15-10(16)8-9-4-5-12-11(13-9)14-6-2-1-3-7-14/h4-5H,1-3,6-8H2,(H,15,16). The number of nitrogens with zero attached hydrogens (tertiary/aromatic N) is 3. The second kappa shape index (κ2) is 4.92. The van der Waals surface area contributed by atoms with Crippen LogP contribution in [-0.4, -0.2) is 34.1 Å². The molecule has 0 radical (unpaired) electrons. The lowest BCUT2D eigenvalue weighted by atomic mass is 10.1. The van der Waals surface area contributed by atoms with Crippen LogP contribution in [0, 0.1) is 0 Å². The summed E-state index contributed by atoms with van der Waals surface area (Å²) in [6.45, 7) is 1.94. The van der Waals surface area contributed by atoms with Crippen molar-refractivity contribution in [2.24, 2.45) is 0 Å². The van der Waals surface area contributed by atoms with Gasteiger partial charge in [0.1, 0.15) is 0 Å². The van der Waals surface area contributed by atoms with E-state index in [-0.39, 0.29) is 6.42 Å². The predicted molar refractivity (Wildman–Crippen MR) is 59.4 cm³/mol. The molecule has 1 N–H and O–H groups in total. The normalized spacial score (nSPS) is 16.1. The van der Waals surface area contributed by atoms with Crippen LogP contribution >= 0.6 is 0 Å². The molecule has 1 aliphatic heterocycles. The summed E-state index contributed by atoms with van der Waals surface area (Å²) in [4.78, 5) is 21.2. The lowest BCUT2D eigenvalue weighted by Crippen LogP contribution is -2.31. The summed E-state index contributed by atoms with van der Waals surface area (Å²) in [6, 6.07) is 1.65. The Labute approximate surface area is 94.1 Å². The number of carboxylic acids is 1. The van der Waals surface area contributed by atoms with Crippen molar-refractivity contribution in [1.29, 1.82) is 0 Å². The van der Waals surface area contributed by atoms with E-state index in [1.54, 1.807) is 12.3 Å². The molecule has 0 aromatic carbocycles. The molecule has 0 spiro atoms. The Bertz CT molecular complexity index is 375. The Morgan fingerprint density at radius 3 is 2.81 bits per heavy atom. The van der Waals surface area contributed by atoms with Crippen molar-refractivity contribution in [2.45, 2.75) is 25.7 Å². The number of piperidine rings is 1. The predicted octanol–water partition coefficient (Wildman–Crippen LogP) is 1.09. The van der Waals surface area contributed by atoms with Crippen LogP contribution in [0.5, 0.6) is 0 Å². The Balaban J connectivity index is 2.11. The van der Waals surface area contributed by atoms with Crippen LogP contribution in [-0.2, 0) is 11.2 Å². The van der Waals surface area contributed by atoms with Crippen molar-refractivity contribution < 1.29 is 9.90 Å². The van der Waals surface area contributed by atoms with Gasteiger partial charge in [-0.05, 0) is 25.3 Å². The van der Waals surface area contributed by atoms with Gasteiger partial charge in [-0.25, -0.2) is 9.97 Å². The van der Waals surface area contributed by atoms with E-state index in [1.807, 2.05) is 0 Å². The van der Waals surface area contributed by atoms with Gasteiger partial charge in [0, 0.05) is 19.3 Å². The molecule has 0 saturated carbocycles. The van der Waals surface area contributed by atoms with Gasteiger partial charge in [0.15, 0.2) is 0 Å². The van der Waals surface area contributed by atoms with Crippen LogP contribution < -0.4 is 4.90 Å². The molecule has 5 nitrogen and oxygen atoms in total. The lowest BCUT2D eigenvalue weighted by molar-refractivity contribution is -0.136. The Kier molecular flexibility index (Phi) is 3.34. The molecule has 1 saturated heterocycles. The van der Waals surface area contributed by atoms with Crippen LogP contribution in [0.1, 0.15) is 25.0 Å². The van der Waals surface area contributed by atoms with Crippen LogP contribution in [0.25, 0.3) is 0 Å². The van der Waals surface area contributed by atoms with Crippen LogP contribution in [0.4, 0.5) is 5.95 Å². The van der Waals surface area contributed by atoms with Gasteiger partial charge in [0.05, 0.1) is 12.1 Å². The first kappa shape index (κ1) is 10.9. The number of carbonyl (C=O) groups is 1. The van der Waals surface area contributed by atoms with Crippen molar-refractivity contribution in [1.82, 2.24) is 9.97 Å². The minimum atomic E-state index is -0.858. The molecule has 2 heterocycles. The zero-order chi connectivity index (χ0) is 11.4. The molecular formula is C11H15N3O2. The zero-order valence-corrected chi connectivity index (χ0v) is 9.09. The fourth-order valence-electron chi connectivity index (χ4n) is 1.88. The quantitative estimate of drug-likeness (QED) is 0.827. The highest BCUT2D eigenvalue weighted by Crippen LogP contribution is 2.15. The van der Waals surface area contributed by atoms with E-state index in [2.05, 4.69) is 14.9 Å². The third-order valence-corrected chi connectivity index (χ3v) is 2.67. The average molecular weight is 221 g/mol. The average Bonchev–Trinajstić information content (AvgIpc) is 2.30. The van der Waals surface area contributed by atoms with Gasteiger partial charge in [0.2, 0.25) is 5.95 Å². The number of aliphatic carboxylic acids is 1. The fourth-order valence-corrected chi connectivity index (χ4v) is 1.88. The molecule has 1 fully saturated rings. The fraction of sp³-hybridized carbons (Fsp3) is 0.545. The van der Waals surface area contributed by atoms with Gasteiger partial charge in [-0.15, -0.1) is 0 Å². The van der Waals surface area contributed by atoms with Gasteiger partial charge in [-0.2, -0.15) is 0 Å². The van der Waals surface area contributed by atoms with Gasteiger partial charge < -0.3 is 10.0 Å². The number of hydrogen-bond acceptors (Lipinski definition) is 4. The van der Waals surface area contributed by atoms with E-state index in [1.165, 1.54) is 6.42 Å². The Hall–Kier alpha value is -1.65. The smallest absolute Gasteiger partial charge is 0.309 e. The Morgan fingerprint density at radius 2 is 2.12 bits per heavy atom. The number of carboxylic acid groups (broad SMARTS) is 1. The molecule has 0 amide bonds. The third-order valence-electron chi connectivity index (χ3n) is 2.67. The highest BCUT2D eigenvalue weighted by Gasteiger charge is 2.14. The van der Waals surface area contributed by atoms with E-state index < -0.39 is 5.97 Å². The van der Waals surface area contributed by atoms with E-state index in [4.69, 9.17) is 5.11 Å². The molecule has 5 heteroatoms. The molecular weight excluding hydrogens is 206 g/mol. The highest BCUT2D eigenvalue weighted by atomic mass is 16.4. The summed E-state index contributed by atoms with van der Waals surface area (Å²) in [5, 5.41) is 8.69. The minimum absolute atomic E-state index is 0.0383. The molecule has 0 bridgehead atoms. The molecule has 1 aromatic heterocycles. The largest absolute Gasteiger partial charge is 0.481 e. The van der Waals surface area contributed by atoms with E-state index >= 15 is 0 Å². The van der Waals surface area contributed by atoms with Gasteiger partial charge in [0.25, 0.3) is 0 Å². The molecule has 0 unspecified atom stereocenters. The summed E-state index contributed by atoms with van der Waals surface area (Å²) in [7, 11) is 0. The monoisotopic (exact) mass is 221 g/mol. The van der Waals surface area contributed by atoms with Crippen molar-refractivity contribution in [3.05, 3.63) is 18.0 Å². The van der Waals surface area contributed by atoms with E-state index in [0.717, 1.165) is 25.9 Å². The number of anilines is 1. The maximum atomic E-state index is 10.6. The molecule has 0 atom stereocenters. The number of aromatic nitrogens is 2. The molecule has 16 heavy (non-hydrogen) atoms. The summed E-state index contributed by atoms with van der Waals surface area (Å²) in [5.41, 5.74) is 0.572. The highest BCUT2D eigenvalue weighted by molar-refractivity contribution is 5.69. The summed E-state index contributed by atoms with van der Waals surface area (Å²) in [5.74, 6) is -0.193. The van der Waals surface area contributed by atoms with Crippen molar-refractivity contribution in [3.8, 4) is 0 Å². The van der Waals surface area contributed by atoms with Crippen LogP contribution in [0.2, 0.25) is 0 Å². The first-order valence-corrected chi connectivity index (χ1v) is 5.54. The summed E-state index contributed by atoms with van der Waals surface area (Å²) in [6.07, 6.45) is 5.17. The maximum absolute atomic E-state index is 10.6. The molecule has 2 rings (SSSR count). The van der Waals surface area contributed by atoms with Crippen molar-refractivity contribution in [2.75, 3.05) is 18.0 Å². The van der Waals surface area contributed by atoms with Gasteiger partial charge in [-0.3, -0.25) is 4.79 Å². The first-order chi connectivity index (χ1) is 7.75. The maximum Gasteiger partial charge on any atom is 0.309 e. The summed E-state index contributed by atoms with van der Waals surface area (Å²) >= 11 is 0. The SMILES string of the molecule is O=C(O)Cc1ccnc(N2CCCCC2)n1. The number of rotatable bonds is 3. The molecule has 0 aliphatic carbocycles. The van der Waals surface area contributed by atoms with Crippen molar-refractivity contribution >= 4 is 11.9 Å². The second-order valence-electron chi connectivity index (χ2n) is 3.97. The molecule has 1 aromatic rings. The second-order valence-corrected chi connectivity index (χ2v) is 3.97. The zero-order valence-electron chi connectivity index (χ0n) is 9.09. The van der Waals surface area contributed by atoms with Crippen molar-refractivity contribution in [3.63, 3.8) is 0 Å². The van der Waals surface area contributed by atoms with Crippen LogP contribution in [0.15, 0.2) is 12.3 Å². The molecule has 86 valence electrons. The lowest BCUT2D eigenvalue weighted by Gasteiger charge is -2.26. The summed E-state index contributed by atoms with van der Waals surface area (Å²) < 4.78 is 0. The minimum Gasteiger partial charge on any atom is -0.481 e. The molecule has 1 aliphatic rings. The van der Waals surface area contributed by atoms with Crippen LogP contribution in [0.3, 0.4) is 0 Å². The van der Waals surface area contributed by atoms with Gasteiger partial charge in [-0.1, -0.05) is 0 Å². The third kappa shape index (κ3) is 2.68. The first-order valence-electron chi connectivity index (χ1n) is 5.54. The van der Waals surface area contributed by atoms with E-state index in [9.17, 15) is 4.79 Å². The van der Waals surface area contributed by atoms with E-state index in [0.29, 0.717) is 11.6 Å².